The molecule has 0 bridgehead atoms. The fraction of sp³-hybridized carbons (Fsp3) is 0.611. The van der Waals surface area contributed by atoms with Crippen LogP contribution < -0.4 is 20.1 Å². The molecule has 2 rings (SSSR count). The Morgan fingerprint density at radius 2 is 2.04 bits per heavy atom. The molecular formula is C18H27ClN2O3. The summed E-state index contributed by atoms with van der Waals surface area (Å²) in [5.74, 6) is 0.923. The van der Waals surface area contributed by atoms with Crippen molar-refractivity contribution in [2.75, 3.05) is 26.3 Å². The van der Waals surface area contributed by atoms with Crippen LogP contribution in [0.25, 0.3) is 0 Å². The summed E-state index contributed by atoms with van der Waals surface area (Å²) in [5.41, 5.74) is 0.504. The van der Waals surface area contributed by atoms with Gasteiger partial charge in [-0.25, -0.2) is 0 Å². The summed E-state index contributed by atoms with van der Waals surface area (Å²) in [5, 5.41) is 6.76. The molecule has 0 spiro atoms. The highest BCUT2D eigenvalue weighted by Gasteiger charge is 2.20. The lowest BCUT2D eigenvalue weighted by Crippen LogP contribution is -2.42. The van der Waals surface area contributed by atoms with Crippen molar-refractivity contribution in [3.8, 4) is 11.5 Å². The zero-order chi connectivity index (χ0) is 17.4. The highest BCUT2D eigenvalue weighted by atomic mass is 35.5. The lowest BCUT2D eigenvalue weighted by molar-refractivity contribution is 0.0929. The summed E-state index contributed by atoms with van der Waals surface area (Å²) in [7, 11) is 0. The third-order valence-corrected chi connectivity index (χ3v) is 4.27. The van der Waals surface area contributed by atoms with Crippen LogP contribution in [-0.4, -0.2) is 38.3 Å². The van der Waals surface area contributed by atoms with Gasteiger partial charge < -0.3 is 20.1 Å². The molecule has 1 aliphatic rings. The maximum atomic E-state index is 12.5. The van der Waals surface area contributed by atoms with Gasteiger partial charge in [-0.15, -0.1) is 0 Å². The fourth-order valence-electron chi connectivity index (χ4n) is 2.66. The van der Waals surface area contributed by atoms with E-state index in [1.54, 1.807) is 12.1 Å². The van der Waals surface area contributed by atoms with Crippen LogP contribution >= 0.6 is 11.6 Å². The van der Waals surface area contributed by atoms with Gasteiger partial charge in [0.25, 0.3) is 5.91 Å². The van der Waals surface area contributed by atoms with Gasteiger partial charge in [0.1, 0.15) is 0 Å². The maximum Gasteiger partial charge on any atom is 0.251 e. The molecule has 1 amide bonds. The third-order valence-electron chi connectivity index (χ3n) is 3.99. The van der Waals surface area contributed by atoms with E-state index in [2.05, 4.69) is 17.6 Å². The number of piperidine rings is 1. The summed E-state index contributed by atoms with van der Waals surface area (Å²) in [4.78, 5) is 12.5. The molecule has 1 aliphatic heterocycles. The van der Waals surface area contributed by atoms with E-state index in [-0.39, 0.29) is 11.9 Å². The lowest BCUT2D eigenvalue weighted by atomic mass is 10.1. The van der Waals surface area contributed by atoms with Crippen LogP contribution in [-0.2, 0) is 0 Å². The second-order valence-corrected chi connectivity index (χ2v) is 6.33. The summed E-state index contributed by atoms with van der Waals surface area (Å²) in [6.45, 7) is 6.92. The lowest BCUT2D eigenvalue weighted by Gasteiger charge is -2.24. The molecule has 134 valence electrons. The van der Waals surface area contributed by atoms with Gasteiger partial charge in [-0.05, 0) is 51.4 Å². The van der Waals surface area contributed by atoms with Crippen molar-refractivity contribution in [2.45, 2.75) is 45.6 Å². The Morgan fingerprint density at radius 3 is 2.71 bits per heavy atom. The number of nitrogens with one attached hydrogen (secondary N) is 2. The van der Waals surface area contributed by atoms with Crippen LogP contribution in [0.1, 0.15) is 49.9 Å². The first-order chi connectivity index (χ1) is 11.7. The van der Waals surface area contributed by atoms with Crippen LogP contribution in [0.2, 0.25) is 5.02 Å². The molecule has 24 heavy (non-hydrogen) atoms. The van der Waals surface area contributed by atoms with Crippen LogP contribution in [0.4, 0.5) is 0 Å². The molecule has 6 heteroatoms. The number of amides is 1. The fourth-order valence-corrected chi connectivity index (χ4v) is 2.92. The molecular weight excluding hydrogens is 328 g/mol. The number of carbonyl (C=O) groups is 1. The third kappa shape index (κ3) is 5.28. The Balaban J connectivity index is 2.12. The minimum absolute atomic E-state index is 0.120. The molecule has 0 aliphatic carbocycles. The molecule has 1 aromatic carbocycles. The van der Waals surface area contributed by atoms with Gasteiger partial charge in [0.15, 0.2) is 11.5 Å². The van der Waals surface area contributed by atoms with E-state index in [1.165, 1.54) is 0 Å². The number of carbonyl (C=O) groups excluding carboxylic acids is 1. The minimum atomic E-state index is -0.120. The number of unbranched alkanes of at least 4 members (excludes halogenated alkanes) is 1. The van der Waals surface area contributed by atoms with Crippen LogP contribution in [0, 0.1) is 0 Å². The van der Waals surface area contributed by atoms with Crippen molar-refractivity contribution in [2.24, 2.45) is 0 Å². The number of hydrogen-bond donors (Lipinski definition) is 2. The number of rotatable bonds is 8. The predicted octanol–water partition coefficient (Wildman–Crippen LogP) is 3.40. The number of halogens is 1. The average molecular weight is 355 g/mol. The van der Waals surface area contributed by atoms with E-state index in [0.717, 1.165) is 38.8 Å². The Hall–Kier alpha value is -1.46. The van der Waals surface area contributed by atoms with Crippen molar-refractivity contribution in [1.29, 1.82) is 0 Å². The summed E-state index contributed by atoms with van der Waals surface area (Å²) < 4.78 is 11.4. The molecule has 0 unspecified atom stereocenters. The molecule has 0 radical (unpaired) electrons. The molecule has 1 heterocycles. The van der Waals surface area contributed by atoms with Gasteiger partial charge in [0.2, 0.25) is 0 Å². The molecule has 1 saturated heterocycles. The highest BCUT2D eigenvalue weighted by molar-refractivity contribution is 6.32. The van der Waals surface area contributed by atoms with Gasteiger partial charge >= 0.3 is 0 Å². The van der Waals surface area contributed by atoms with Gasteiger partial charge in [-0.2, -0.15) is 0 Å². The molecule has 0 saturated carbocycles. The van der Waals surface area contributed by atoms with Gasteiger partial charge in [0.05, 0.1) is 18.2 Å². The van der Waals surface area contributed by atoms with E-state index < -0.39 is 0 Å². The SMILES string of the molecule is CCCCOc1c(Cl)cc(C(=O)NC2CCNCC2)cc1OCC. The first kappa shape index (κ1) is 18.9. The van der Waals surface area contributed by atoms with Crippen molar-refractivity contribution < 1.29 is 14.3 Å². The van der Waals surface area contributed by atoms with E-state index in [0.29, 0.717) is 35.3 Å². The van der Waals surface area contributed by atoms with Gasteiger partial charge in [0, 0.05) is 11.6 Å². The Morgan fingerprint density at radius 1 is 1.29 bits per heavy atom. The molecule has 0 atom stereocenters. The molecule has 1 fully saturated rings. The highest BCUT2D eigenvalue weighted by Crippen LogP contribution is 2.37. The number of hydrogen-bond acceptors (Lipinski definition) is 4. The van der Waals surface area contributed by atoms with Crippen molar-refractivity contribution in [3.05, 3.63) is 22.7 Å². The van der Waals surface area contributed by atoms with Crippen LogP contribution in [0.5, 0.6) is 11.5 Å². The first-order valence-corrected chi connectivity index (χ1v) is 9.14. The molecule has 5 nitrogen and oxygen atoms in total. The van der Waals surface area contributed by atoms with Crippen molar-refractivity contribution in [1.82, 2.24) is 10.6 Å². The summed E-state index contributed by atoms with van der Waals surface area (Å²) in [6, 6.07) is 3.57. The second kappa shape index (κ2) is 9.74. The van der Waals surface area contributed by atoms with Gasteiger partial charge in [-0.1, -0.05) is 24.9 Å². The normalized spacial score (nSPS) is 15.1. The van der Waals surface area contributed by atoms with Crippen molar-refractivity contribution in [3.63, 3.8) is 0 Å². The first-order valence-electron chi connectivity index (χ1n) is 8.76. The largest absolute Gasteiger partial charge is 0.490 e. The minimum Gasteiger partial charge on any atom is -0.490 e. The van der Waals surface area contributed by atoms with Crippen LogP contribution in [0.15, 0.2) is 12.1 Å². The van der Waals surface area contributed by atoms with E-state index >= 15 is 0 Å². The van der Waals surface area contributed by atoms with Crippen LogP contribution in [0.3, 0.4) is 0 Å². The Kier molecular flexibility index (Phi) is 7.66. The van der Waals surface area contributed by atoms with E-state index in [9.17, 15) is 4.79 Å². The monoisotopic (exact) mass is 354 g/mol. The zero-order valence-electron chi connectivity index (χ0n) is 14.5. The summed E-state index contributed by atoms with van der Waals surface area (Å²) in [6.07, 6.45) is 3.87. The standard InChI is InChI=1S/C18H27ClN2O3/c1-3-5-10-24-17-15(19)11-13(12-16(17)23-4-2)18(22)21-14-6-8-20-9-7-14/h11-12,14,20H,3-10H2,1-2H3,(H,21,22). The topological polar surface area (TPSA) is 59.6 Å². The molecule has 2 N–H and O–H groups in total. The summed E-state index contributed by atoms with van der Waals surface area (Å²) >= 11 is 6.34. The number of ether oxygens (including phenoxy) is 2. The predicted molar refractivity (Wildman–Crippen MR) is 96.4 cm³/mol. The second-order valence-electron chi connectivity index (χ2n) is 5.92. The Labute approximate surface area is 149 Å². The van der Waals surface area contributed by atoms with E-state index in [1.807, 2.05) is 6.92 Å². The van der Waals surface area contributed by atoms with E-state index in [4.69, 9.17) is 21.1 Å². The smallest absolute Gasteiger partial charge is 0.251 e. The molecule has 0 aromatic heterocycles. The maximum absolute atomic E-state index is 12.5. The van der Waals surface area contributed by atoms with Gasteiger partial charge in [-0.3, -0.25) is 4.79 Å². The quantitative estimate of drug-likeness (QED) is 0.702. The van der Waals surface area contributed by atoms with Crippen molar-refractivity contribution >= 4 is 17.5 Å². The average Bonchev–Trinajstić information content (AvgIpc) is 2.58. The zero-order valence-corrected chi connectivity index (χ0v) is 15.2. The number of benzene rings is 1. The molecule has 1 aromatic rings. The Bertz CT molecular complexity index is 545.